The van der Waals surface area contributed by atoms with Crippen LogP contribution in [0, 0.1) is 0 Å². The van der Waals surface area contributed by atoms with Gasteiger partial charge in [-0.2, -0.15) is 0 Å². The van der Waals surface area contributed by atoms with Gasteiger partial charge in [0.25, 0.3) is 0 Å². The molecule has 174 valence electrons. The third kappa shape index (κ3) is 3.77. The number of rotatable bonds is 5. The number of aryl methyl sites for hydroxylation is 1. The molecule has 0 aliphatic rings. The molecule has 36 heavy (non-hydrogen) atoms. The third-order valence-corrected chi connectivity index (χ3v) is 6.36. The summed E-state index contributed by atoms with van der Waals surface area (Å²) in [5, 5.41) is 10.4. The van der Waals surface area contributed by atoms with E-state index in [2.05, 4.69) is 58.4 Å². The second kappa shape index (κ2) is 9.04. The first-order valence-corrected chi connectivity index (χ1v) is 11.8. The zero-order chi connectivity index (χ0) is 24.5. The van der Waals surface area contributed by atoms with Crippen LogP contribution in [0.15, 0.2) is 121 Å². The average molecular weight is 469 g/mol. The summed E-state index contributed by atoms with van der Waals surface area (Å²) in [6, 6.07) is 38.1. The zero-order valence-corrected chi connectivity index (χ0v) is 19.8. The summed E-state index contributed by atoms with van der Waals surface area (Å²) < 4.78 is 2.03. The maximum absolute atomic E-state index is 10.4. The van der Waals surface area contributed by atoms with Crippen molar-refractivity contribution in [1.82, 2.24) is 14.5 Å². The van der Waals surface area contributed by atoms with Crippen molar-refractivity contribution < 1.29 is 5.11 Å². The Morgan fingerprint density at radius 3 is 2.22 bits per heavy atom. The molecule has 6 rings (SSSR count). The highest BCUT2D eigenvalue weighted by Gasteiger charge is 2.18. The monoisotopic (exact) mass is 468 g/mol. The van der Waals surface area contributed by atoms with Crippen LogP contribution in [0.4, 0.5) is 17.2 Å². The van der Waals surface area contributed by atoms with Gasteiger partial charge >= 0.3 is 0 Å². The van der Waals surface area contributed by atoms with Crippen LogP contribution in [0.1, 0.15) is 0 Å². The molecule has 0 saturated carbocycles. The minimum atomic E-state index is 0.216. The maximum Gasteiger partial charge on any atom is 0.144 e. The molecule has 1 N–H and O–H groups in total. The van der Waals surface area contributed by atoms with Gasteiger partial charge in [-0.1, -0.05) is 60.7 Å². The molecule has 0 aliphatic carbocycles. The van der Waals surface area contributed by atoms with Crippen molar-refractivity contribution >= 4 is 28.2 Å². The number of fused-ring (bicyclic) bond motifs is 1. The van der Waals surface area contributed by atoms with E-state index in [0.717, 1.165) is 45.2 Å². The number of para-hydroxylation sites is 3. The first-order chi connectivity index (χ1) is 17.7. The van der Waals surface area contributed by atoms with Gasteiger partial charge in [0.05, 0.1) is 16.6 Å². The molecule has 0 saturated heterocycles. The number of phenols is 1. The Bertz CT molecular complexity index is 1620. The van der Waals surface area contributed by atoms with Crippen LogP contribution < -0.4 is 4.90 Å². The lowest BCUT2D eigenvalue weighted by molar-refractivity contribution is 0.476. The molecule has 0 unspecified atom stereocenters. The van der Waals surface area contributed by atoms with Crippen molar-refractivity contribution in [2.24, 2.45) is 7.05 Å². The molecule has 5 nitrogen and oxygen atoms in total. The van der Waals surface area contributed by atoms with Gasteiger partial charge in [0.2, 0.25) is 0 Å². The molecule has 6 aromatic rings. The Labute approximate surface area is 209 Å². The van der Waals surface area contributed by atoms with Crippen LogP contribution in [0.2, 0.25) is 0 Å². The van der Waals surface area contributed by atoms with E-state index in [1.165, 1.54) is 0 Å². The largest absolute Gasteiger partial charge is 0.507 e. The number of hydrogen-bond acceptors (Lipinski definition) is 4. The fourth-order valence-electron chi connectivity index (χ4n) is 4.64. The topological polar surface area (TPSA) is 54.2 Å². The van der Waals surface area contributed by atoms with E-state index in [-0.39, 0.29) is 5.75 Å². The van der Waals surface area contributed by atoms with Crippen LogP contribution in [-0.2, 0) is 7.05 Å². The summed E-state index contributed by atoms with van der Waals surface area (Å²) in [6.07, 6.45) is 1.81. The standard InChI is InChI=1S/C31H24N4O/c1-34-27-17-10-16-25(30(27)33-31(34)26-15-5-6-18-28(26)36)22-11-9-14-24(21-22)35(23-12-3-2-4-13-23)29-19-7-8-20-32-29/h2-21,36H,1H3. The Kier molecular flexibility index (Phi) is 5.43. The highest BCUT2D eigenvalue weighted by Crippen LogP contribution is 2.38. The molecular weight excluding hydrogens is 444 g/mol. The minimum absolute atomic E-state index is 0.216. The highest BCUT2D eigenvalue weighted by molar-refractivity contribution is 5.95. The van der Waals surface area contributed by atoms with Gasteiger partial charge < -0.3 is 9.67 Å². The molecule has 0 atom stereocenters. The predicted octanol–water partition coefficient (Wildman–Crippen LogP) is 7.48. The van der Waals surface area contributed by atoms with Crippen LogP contribution >= 0.6 is 0 Å². The van der Waals surface area contributed by atoms with Gasteiger partial charge in [0, 0.05) is 30.2 Å². The summed E-state index contributed by atoms with van der Waals surface area (Å²) >= 11 is 0. The number of aromatic nitrogens is 3. The average Bonchev–Trinajstić information content (AvgIpc) is 3.27. The lowest BCUT2D eigenvalue weighted by Gasteiger charge is -2.24. The molecule has 2 heterocycles. The SMILES string of the molecule is Cn1c(-c2ccccc2O)nc2c(-c3cccc(N(c4ccccc4)c4ccccn4)c3)cccc21. The first-order valence-electron chi connectivity index (χ1n) is 11.8. The number of benzene rings is 4. The van der Waals surface area contributed by atoms with Gasteiger partial charge in [-0.25, -0.2) is 9.97 Å². The van der Waals surface area contributed by atoms with Crippen LogP contribution in [-0.4, -0.2) is 19.6 Å². The van der Waals surface area contributed by atoms with E-state index in [9.17, 15) is 5.11 Å². The number of nitrogens with zero attached hydrogens (tertiary/aromatic N) is 4. The van der Waals surface area contributed by atoms with Gasteiger partial charge in [-0.15, -0.1) is 0 Å². The van der Waals surface area contributed by atoms with Crippen LogP contribution in [0.25, 0.3) is 33.5 Å². The van der Waals surface area contributed by atoms with Crippen molar-refractivity contribution in [3.63, 3.8) is 0 Å². The third-order valence-electron chi connectivity index (χ3n) is 6.36. The van der Waals surface area contributed by atoms with Gasteiger partial charge in [-0.3, -0.25) is 4.90 Å². The quantitative estimate of drug-likeness (QED) is 0.285. The molecule has 0 bridgehead atoms. The van der Waals surface area contributed by atoms with Crippen molar-refractivity contribution in [3.8, 4) is 28.3 Å². The number of anilines is 3. The van der Waals surface area contributed by atoms with Crippen molar-refractivity contribution in [1.29, 1.82) is 0 Å². The number of pyridine rings is 1. The number of imidazole rings is 1. The Morgan fingerprint density at radius 2 is 1.42 bits per heavy atom. The Morgan fingerprint density at radius 1 is 0.694 bits per heavy atom. The summed E-state index contributed by atoms with van der Waals surface area (Å²) in [6.45, 7) is 0. The maximum atomic E-state index is 10.4. The van der Waals surface area contributed by atoms with Crippen molar-refractivity contribution in [3.05, 3.63) is 121 Å². The number of phenolic OH excluding ortho intramolecular Hbond substituents is 1. The zero-order valence-electron chi connectivity index (χ0n) is 19.8. The molecular formula is C31H24N4O. The van der Waals surface area contributed by atoms with E-state index in [0.29, 0.717) is 5.56 Å². The lowest BCUT2D eigenvalue weighted by Crippen LogP contribution is -2.11. The van der Waals surface area contributed by atoms with Crippen LogP contribution in [0.3, 0.4) is 0 Å². The second-order valence-corrected chi connectivity index (χ2v) is 8.59. The molecule has 2 aromatic heterocycles. The fraction of sp³-hybridized carbons (Fsp3) is 0.0323. The van der Waals surface area contributed by atoms with Gasteiger partial charge in [-0.05, 0) is 60.2 Å². The second-order valence-electron chi connectivity index (χ2n) is 8.59. The number of hydrogen-bond donors (Lipinski definition) is 1. The normalized spacial score (nSPS) is 11.0. The molecule has 5 heteroatoms. The number of aromatic hydroxyl groups is 1. The first kappa shape index (κ1) is 21.6. The highest BCUT2D eigenvalue weighted by atomic mass is 16.3. The Hall–Kier alpha value is -4.90. The predicted molar refractivity (Wildman–Crippen MR) is 146 cm³/mol. The van der Waals surface area contributed by atoms with E-state index >= 15 is 0 Å². The summed E-state index contributed by atoms with van der Waals surface area (Å²) in [5.41, 5.74) is 6.72. The van der Waals surface area contributed by atoms with Crippen LogP contribution in [0.5, 0.6) is 5.75 Å². The molecule has 4 aromatic carbocycles. The summed E-state index contributed by atoms with van der Waals surface area (Å²) in [7, 11) is 1.98. The van der Waals surface area contributed by atoms with E-state index in [4.69, 9.17) is 4.98 Å². The van der Waals surface area contributed by atoms with E-state index in [1.807, 2.05) is 78.5 Å². The fourth-order valence-corrected chi connectivity index (χ4v) is 4.64. The molecule has 0 fully saturated rings. The van der Waals surface area contributed by atoms with E-state index < -0.39 is 0 Å². The van der Waals surface area contributed by atoms with Gasteiger partial charge in [0.1, 0.15) is 17.4 Å². The molecule has 0 radical (unpaired) electrons. The van der Waals surface area contributed by atoms with Gasteiger partial charge in [0.15, 0.2) is 0 Å². The minimum Gasteiger partial charge on any atom is -0.507 e. The summed E-state index contributed by atoms with van der Waals surface area (Å²) in [4.78, 5) is 11.8. The molecule has 0 amide bonds. The smallest absolute Gasteiger partial charge is 0.144 e. The van der Waals surface area contributed by atoms with Crippen molar-refractivity contribution in [2.75, 3.05) is 4.90 Å². The lowest BCUT2D eigenvalue weighted by atomic mass is 10.0. The molecule has 0 aliphatic heterocycles. The molecule has 0 spiro atoms. The summed E-state index contributed by atoms with van der Waals surface area (Å²) in [5.74, 6) is 1.79. The Balaban J connectivity index is 1.51. The van der Waals surface area contributed by atoms with Crippen molar-refractivity contribution in [2.45, 2.75) is 0 Å². The van der Waals surface area contributed by atoms with E-state index in [1.54, 1.807) is 6.07 Å².